The third kappa shape index (κ3) is 2.48. The zero-order chi connectivity index (χ0) is 14.1. The molecular formula is C15H18N2O3. The smallest absolute Gasteiger partial charge is 0.265 e. The van der Waals surface area contributed by atoms with Gasteiger partial charge in [-0.2, -0.15) is 0 Å². The minimum Gasteiger partial charge on any atom is -0.479 e. The van der Waals surface area contributed by atoms with E-state index in [1.807, 2.05) is 0 Å². The van der Waals surface area contributed by atoms with Crippen molar-refractivity contribution in [1.82, 2.24) is 5.32 Å². The number of anilines is 1. The molecule has 0 bridgehead atoms. The molecule has 2 aliphatic rings. The van der Waals surface area contributed by atoms with Gasteiger partial charge in [-0.25, -0.2) is 0 Å². The summed E-state index contributed by atoms with van der Waals surface area (Å²) in [7, 11) is 0. The topological polar surface area (TPSA) is 67.4 Å². The van der Waals surface area contributed by atoms with Crippen LogP contribution in [0.4, 0.5) is 5.69 Å². The number of carbonyl (C=O) groups excluding carboxylic acids is 2. The van der Waals surface area contributed by atoms with Crippen molar-refractivity contribution in [2.75, 3.05) is 5.32 Å². The Hall–Kier alpha value is -2.04. The lowest BCUT2D eigenvalue weighted by Gasteiger charge is -2.23. The maximum Gasteiger partial charge on any atom is 0.265 e. The third-order valence-electron chi connectivity index (χ3n) is 3.86. The summed E-state index contributed by atoms with van der Waals surface area (Å²) in [6.07, 6.45) is 3.95. The molecule has 0 radical (unpaired) electrons. The van der Waals surface area contributed by atoms with Crippen molar-refractivity contribution >= 4 is 17.5 Å². The van der Waals surface area contributed by atoms with Crippen LogP contribution in [0.1, 0.15) is 43.0 Å². The number of rotatable bonds is 2. The van der Waals surface area contributed by atoms with Crippen molar-refractivity contribution in [1.29, 1.82) is 0 Å². The van der Waals surface area contributed by atoms with E-state index in [0.29, 0.717) is 17.0 Å². The van der Waals surface area contributed by atoms with E-state index in [-0.39, 0.29) is 17.9 Å². The van der Waals surface area contributed by atoms with E-state index in [4.69, 9.17) is 4.74 Å². The minimum absolute atomic E-state index is 0.0902. The van der Waals surface area contributed by atoms with Crippen LogP contribution in [0.5, 0.6) is 5.75 Å². The predicted molar refractivity (Wildman–Crippen MR) is 74.9 cm³/mol. The van der Waals surface area contributed by atoms with Crippen LogP contribution >= 0.6 is 0 Å². The molecule has 1 aliphatic carbocycles. The molecule has 1 saturated carbocycles. The molecule has 1 aromatic carbocycles. The first kappa shape index (κ1) is 13.0. The van der Waals surface area contributed by atoms with Crippen LogP contribution in [0.15, 0.2) is 18.2 Å². The molecule has 1 heterocycles. The standard InChI is InChI=1S/C15H18N2O3/c1-9-14(18)17-12-8-10(6-7-13(12)20-9)15(19)16-11-4-2-3-5-11/h6-9,11H,2-5H2,1H3,(H,16,19)(H,17,18). The van der Waals surface area contributed by atoms with Crippen LogP contribution < -0.4 is 15.4 Å². The predicted octanol–water partition coefficient (Wildman–Crippen LogP) is 2.08. The number of carbonyl (C=O) groups is 2. The van der Waals surface area contributed by atoms with Gasteiger partial charge in [0.05, 0.1) is 5.69 Å². The summed E-state index contributed by atoms with van der Waals surface area (Å²) >= 11 is 0. The van der Waals surface area contributed by atoms with E-state index in [1.54, 1.807) is 25.1 Å². The fraction of sp³-hybridized carbons (Fsp3) is 0.467. The van der Waals surface area contributed by atoms with Crippen LogP contribution in [0, 0.1) is 0 Å². The molecule has 3 rings (SSSR count). The fourth-order valence-corrected chi connectivity index (χ4v) is 2.69. The molecule has 1 unspecified atom stereocenters. The molecule has 5 heteroatoms. The van der Waals surface area contributed by atoms with E-state index in [2.05, 4.69) is 10.6 Å². The Morgan fingerprint density at radius 1 is 1.35 bits per heavy atom. The van der Waals surface area contributed by atoms with Crippen LogP contribution in [0.3, 0.4) is 0 Å². The van der Waals surface area contributed by atoms with Crippen molar-refractivity contribution in [3.05, 3.63) is 23.8 Å². The van der Waals surface area contributed by atoms with Gasteiger partial charge in [-0.3, -0.25) is 9.59 Å². The van der Waals surface area contributed by atoms with E-state index in [0.717, 1.165) is 12.8 Å². The fourth-order valence-electron chi connectivity index (χ4n) is 2.69. The number of hydrogen-bond acceptors (Lipinski definition) is 3. The Morgan fingerprint density at radius 2 is 2.10 bits per heavy atom. The second-order valence-electron chi connectivity index (χ2n) is 5.42. The second-order valence-corrected chi connectivity index (χ2v) is 5.42. The molecule has 5 nitrogen and oxygen atoms in total. The van der Waals surface area contributed by atoms with Crippen LogP contribution in [-0.4, -0.2) is 24.0 Å². The molecule has 1 aromatic rings. The van der Waals surface area contributed by atoms with Gasteiger partial charge in [0.25, 0.3) is 11.8 Å². The van der Waals surface area contributed by atoms with Gasteiger partial charge in [0.15, 0.2) is 6.10 Å². The Kier molecular flexibility index (Phi) is 3.34. The monoisotopic (exact) mass is 274 g/mol. The maximum absolute atomic E-state index is 12.2. The normalized spacial score (nSPS) is 21.9. The molecule has 0 aromatic heterocycles. The average molecular weight is 274 g/mol. The molecule has 106 valence electrons. The van der Waals surface area contributed by atoms with Crippen molar-refractivity contribution in [2.24, 2.45) is 0 Å². The Morgan fingerprint density at radius 3 is 2.85 bits per heavy atom. The molecule has 0 saturated heterocycles. The Balaban J connectivity index is 1.76. The van der Waals surface area contributed by atoms with Gasteiger partial charge in [0, 0.05) is 11.6 Å². The molecular weight excluding hydrogens is 256 g/mol. The molecule has 1 fully saturated rings. The first-order valence-corrected chi connectivity index (χ1v) is 7.06. The molecule has 2 amide bonds. The van der Waals surface area contributed by atoms with Crippen molar-refractivity contribution in [3.8, 4) is 5.75 Å². The van der Waals surface area contributed by atoms with E-state index in [9.17, 15) is 9.59 Å². The summed E-state index contributed by atoms with van der Waals surface area (Å²) in [5.41, 5.74) is 1.11. The van der Waals surface area contributed by atoms with Crippen LogP contribution in [-0.2, 0) is 4.79 Å². The van der Waals surface area contributed by atoms with Gasteiger partial charge in [-0.15, -0.1) is 0 Å². The molecule has 1 atom stereocenters. The van der Waals surface area contributed by atoms with E-state index in [1.165, 1.54) is 12.8 Å². The van der Waals surface area contributed by atoms with E-state index < -0.39 is 6.10 Å². The quantitative estimate of drug-likeness (QED) is 0.867. The third-order valence-corrected chi connectivity index (χ3v) is 3.86. The van der Waals surface area contributed by atoms with Crippen molar-refractivity contribution in [3.63, 3.8) is 0 Å². The number of nitrogens with one attached hydrogen (secondary N) is 2. The minimum atomic E-state index is -0.499. The highest BCUT2D eigenvalue weighted by molar-refractivity contribution is 6.01. The van der Waals surface area contributed by atoms with Gasteiger partial charge < -0.3 is 15.4 Å². The molecule has 20 heavy (non-hydrogen) atoms. The van der Waals surface area contributed by atoms with Gasteiger partial charge in [-0.05, 0) is 38.0 Å². The first-order chi connectivity index (χ1) is 9.63. The lowest BCUT2D eigenvalue weighted by Crippen LogP contribution is -2.35. The summed E-state index contributed by atoms with van der Waals surface area (Å²) in [6, 6.07) is 5.41. The zero-order valence-electron chi connectivity index (χ0n) is 11.4. The number of hydrogen-bond donors (Lipinski definition) is 2. The Labute approximate surface area is 117 Å². The second kappa shape index (κ2) is 5.15. The van der Waals surface area contributed by atoms with Crippen molar-refractivity contribution in [2.45, 2.75) is 44.8 Å². The van der Waals surface area contributed by atoms with Gasteiger partial charge in [0.1, 0.15) is 5.75 Å². The largest absolute Gasteiger partial charge is 0.479 e. The van der Waals surface area contributed by atoms with Crippen LogP contribution in [0.2, 0.25) is 0 Å². The lowest BCUT2D eigenvalue weighted by atomic mass is 10.1. The summed E-state index contributed by atoms with van der Waals surface area (Å²) in [5, 5.41) is 5.78. The number of ether oxygens (including phenoxy) is 1. The summed E-state index contributed by atoms with van der Waals surface area (Å²) in [6.45, 7) is 1.69. The van der Waals surface area contributed by atoms with Gasteiger partial charge in [-0.1, -0.05) is 12.8 Å². The highest BCUT2D eigenvalue weighted by Gasteiger charge is 2.25. The molecule has 2 N–H and O–H groups in total. The van der Waals surface area contributed by atoms with Crippen LogP contribution in [0.25, 0.3) is 0 Å². The lowest BCUT2D eigenvalue weighted by molar-refractivity contribution is -0.122. The van der Waals surface area contributed by atoms with Gasteiger partial charge in [0.2, 0.25) is 0 Å². The summed E-state index contributed by atoms with van der Waals surface area (Å²) in [5.74, 6) is 0.327. The van der Waals surface area contributed by atoms with Gasteiger partial charge >= 0.3 is 0 Å². The number of fused-ring (bicyclic) bond motifs is 1. The summed E-state index contributed by atoms with van der Waals surface area (Å²) < 4.78 is 5.47. The number of amides is 2. The average Bonchev–Trinajstić information content (AvgIpc) is 2.92. The maximum atomic E-state index is 12.2. The first-order valence-electron chi connectivity index (χ1n) is 7.06. The SMILES string of the molecule is CC1Oc2ccc(C(=O)NC3CCCC3)cc2NC1=O. The zero-order valence-corrected chi connectivity index (χ0v) is 11.4. The molecule has 0 spiro atoms. The number of benzene rings is 1. The molecule has 1 aliphatic heterocycles. The van der Waals surface area contributed by atoms with Crippen molar-refractivity contribution < 1.29 is 14.3 Å². The van der Waals surface area contributed by atoms with E-state index >= 15 is 0 Å². The highest BCUT2D eigenvalue weighted by atomic mass is 16.5. The Bertz CT molecular complexity index is 550. The summed E-state index contributed by atoms with van der Waals surface area (Å²) in [4.78, 5) is 23.7. The highest BCUT2D eigenvalue weighted by Crippen LogP contribution is 2.30.